The van der Waals surface area contributed by atoms with Gasteiger partial charge in [0.05, 0.1) is 6.61 Å². The summed E-state index contributed by atoms with van der Waals surface area (Å²) in [5.41, 5.74) is 0. The topological polar surface area (TPSA) is 63.6 Å². The first-order valence-corrected chi connectivity index (χ1v) is 6.26. The van der Waals surface area contributed by atoms with Crippen molar-refractivity contribution in [3.05, 3.63) is 36.4 Å². The average molecular weight is 270 g/mol. The van der Waals surface area contributed by atoms with Crippen molar-refractivity contribution in [3.63, 3.8) is 0 Å². The van der Waals surface area contributed by atoms with Crippen LogP contribution in [0.2, 0.25) is 0 Å². The highest BCUT2D eigenvalue weighted by molar-refractivity contribution is 5.74. The fourth-order valence-electron chi connectivity index (χ4n) is 0.453. The summed E-state index contributed by atoms with van der Waals surface area (Å²) in [6, 6.07) is 12.0. The van der Waals surface area contributed by atoms with Gasteiger partial charge in [-0.1, -0.05) is 43.3 Å². The fourth-order valence-corrected chi connectivity index (χ4v) is 0.453. The molecule has 110 valence electrons. The minimum absolute atomic E-state index is 0.250. The number of hydrogen-bond acceptors (Lipinski definition) is 4. The molecule has 0 aliphatic rings. The number of benzene rings is 1. The van der Waals surface area contributed by atoms with Gasteiger partial charge in [0, 0.05) is 13.0 Å². The van der Waals surface area contributed by atoms with E-state index in [0.29, 0.717) is 19.5 Å². The molecule has 0 bridgehead atoms. The van der Waals surface area contributed by atoms with E-state index in [1.54, 1.807) is 20.8 Å². The largest absolute Gasteiger partial charge is 0.468 e. The zero-order valence-corrected chi connectivity index (χ0v) is 12.3. The normalized spacial score (nSPS) is 7.21. The quantitative estimate of drug-likeness (QED) is 0.858. The third kappa shape index (κ3) is 48.3. The molecule has 19 heavy (non-hydrogen) atoms. The molecular formula is C15H26O4. The highest BCUT2D eigenvalue weighted by atomic mass is 16.5. The zero-order valence-electron chi connectivity index (χ0n) is 12.3. The number of carbonyl (C=O) groups excluding carboxylic acids is 2. The number of ether oxygens (including phenoxy) is 1. The van der Waals surface area contributed by atoms with Crippen LogP contribution in [0.1, 0.15) is 34.1 Å². The van der Waals surface area contributed by atoms with Crippen LogP contribution >= 0.6 is 0 Å². The summed E-state index contributed by atoms with van der Waals surface area (Å²) in [5, 5.41) is 7.57. The van der Waals surface area contributed by atoms with Crippen LogP contribution in [0, 0.1) is 0 Å². The Morgan fingerprint density at radius 2 is 1.32 bits per heavy atom. The van der Waals surface area contributed by atoms with Gasteiger partial charge in [0.25, 0.3) is 6.47 Å². The SMILES string of the molecule is CCC(C)=O.CCO.CCOC=O.c1ccccc1. The molecule has 1 aromatic rings. The van der Waals surface area contributed by atoms with E-state index in [1.807, 2.05) is 43.3 Å². The molecule has 0 radical (unpaired) electrons. The lowest BCUT2D eigenvalue weighted by Gasteiger charge is -1.79. The first kappa shape index (κ1) is 22.5. The van der Waals surface area contributed by atoms with Gasteiger partial charge in [-0.25, -0.2) is 0 Å². The summed E-state index contributed by atoms with van der Waals surface area (Å²) in [5.74, 6) is 0.255. The Balaban J connectivity index is -0.000000185. The molecule has 0 aliphatic carbocycles. The lowest BCUT2D eigenvalue weighted by Crippen LogP contribution is -1.80. The number of rotatable bonds is 3. The molecular weight excluding hydrogens is 244 g/mol. The van der Waals surface area contributed by atoms with E-state index in [-0.39, 0.29) is 12.4 Å². The maximum atomic E-state index is 9.81. The minimum Gasteiger partial charge on any atom is -0.468 e. The second-order valence-corrected chi connectivity index (χ2v) is 3.08. The van der Waals surface area contributed by atoms with Gasteiger partial charge in [0.2, 0.25) is 0 Å². The van der Waals surface area contributed by atoms with Gasteiger partial charge < -0.3 is 14.6 Å². The molecule has 0 fully saturated rings. The van der Waals surface area contributed by atoms with Crippen LogP contribution in [-0.4, -0.2) is 30.6 Å². The molecule has 1 N–H and O–H groups in total. The molecule has 0 heterocycles. The summed E-state index contributed by atoms with van der Waals surface area (Å²) in [4.78, 5) is 19.0. The van der Waals surface area contributed by atoms with Crippen LogP contribution in [0.4, 0.5) is 0 Å². The second kappa shape index (κ2) is 25.2. The molecule has 4 nitrogen and oxygen atoms in total. The van der Waals surface area contributed by atoms with Gasteiger partial charge in [-0.3, -0.25) is 4.79 Å². The van der Waals surface area contributed by atoms with Crippen molar-refractivity contribution in [2.24, 2.45) is 0 Å². The van der Waals surface area contributed by atoms with E-state index in [4.69, 9.17) is 5.11 Å². The number of Topliss-reactive ketones (excluding diaryl/α,β-unsaturated/α-hetero) is 1. The molecule has 0 saturated carbocycles. The minimum atomic E-state index is 0.250. The van der Waals surface area contributed by atoms with Crippen LogP contribution < -0.4 is 0 Å². The van der Waals surface area contributed by atoms with Crippen molar-refractivity contribution >= 4 is 12.3 Å². The van der Waals surface area contributed by atoms with Crippen LogP contribution in [-0.2, 0) is 14.3 Å². The van der Waals surface area contributed by atoms with Gasteiger partial charge in [0.1, 0.15) is 5.78 Å². The van der Waals surface area contributed by atoms with Crippen LogP contribution in [0.15, 0.2) is 36.4 Å². The Bertz CT molecular complexity index is 233. The molecule has 0 atom stereocenters. The first-order chi connectivity index (χ1) is 9.10. The van der Waals surface area contributed by atoms with Gasteiger partial charge in [-0.15, -0.1) is 0 Å². The van der Waals surface area contributed by atoms with Crippen molar-refractivity contribution in [1.29, 1.82) is 0 Å². The van der Waals surface area contributed by atoms with E-state index < -0.39 is 0 Å². The smallest absolute Gasteiger partial charge is 0.293 e. The lowest BCUT2D eigenvalue weighted by molar-refractivity contribution is -0.128. The number of aliphatic hydroxyl groups is 1. The highest BCUT2D eigenvalue weighted by Crippen LogP contribution is 1.79. The van der Waals surface area contributed by atoms with Crippen LogP contribution in [0.5, 0.6) is 0 Å². The molecule has 0 aromatic heterocycles. The Morgan fingerprint density at radius 3 is 1.37 bits per heavy atom. The summed E-state index contributed by atoms with van der Waals surface area (Å²) in [6.07, 6.45) is 0.667. The molecule has 1 rings (SSSR count). The molecule has 0 saturated heterocycles. The molecule has 0 spiro atoms. The fraction of sp³-hybridized carbons (Fsp3) is 0.467. The van der Waals surface area contributed by atoms with E-state index in [9.17, 15) is 9.59 Å². The van der Waals surface area contributed by atoms with Crippen molar-refractivity contribution in [3.8, 4) is 0 Å². The van der Waals surface area contributed by atoms with Crippen molar-refractivity contribution in [2.75, 3.05) is 13.2 Å². The Kier molecular flexibility index (Phi) is 29.9. The predicted octanol–water partition coefficient (Wildman–Crippen LogP) is 2.85. The number of carbonyl (C=O) groups is 2. The van der Waals surface area contributed by atoms with E-state index >= 15 is 0 Å². The summed E-state index contributed by atoms with van der Waals surface area (Å²) < 4.78 is 4.15. The van der Waals surface area contributed by atoms with E-state index in [1.165, 1.54) is 0 Å². The van der Waals surface area contributed by atoms with Crippen LogP contribution in [0.3, 0.4) is 0 Å². The molecule has 0 amide bonds. The maximum absolute atomic E-state index is 9.81. The van der Waals surface area contributed by atoms with Crippen molar-refractivity contribution in [1.82, 2.24) is 0 Å². The Hall–Kier alpha value is -1.68. The molecule has 4 heteroatoms. The second-order valence-electron chi connectivity index (χ2n) is 3.08. The number of aliphatic hydroxyl groups excluding tert-OH is 1. The van der Waals surface area contributed by atoms with Gasteiger partial charge >= 0.3 is 0 Å². The zero-order chi connectivity index (χ0) is 15.4. The predicted molar refractivity (Wildman–Crippen MR) is 77.9 cm³/mol. The van der Waals surface area contributed by atoms with Crippen molar-refractivity contribution in [2.45, 2.75) is 34.1 Å². The monoisotopic (exact) mass is 270 g/mol. The number of ketones is 1. The standard InChI is InChI=1S/C6H6.C4H8O.C3H6O2.C2H6O/c1-2-4-6-5-3-1;1-3-4(2)5;1-2-5-3-4;1-2-3/h1-6H;3H2,1-2H3;3H,2H2,1H3;3H,2H2,1H3. The number of hydrogen-bond donors (Lipinski definition) is 1. The van der Waals surface area contributed by atoms with Gasteiger partial charge in [-0.2, -0.15) is 0 Å². The molecule has 0 unspecified atom stereocenters. The highest BCUT2D eigenvalue weighted by Gasteiger charge is 1.76. The van der Waals surface area contributed by atoms with Gasteiger partial charge in [-0.05, 0) is 20.8 Å². The van der Waals surface area contributed by atoms with Gasteiger partial charge in [0.15, 0.2) is 0 Å². The molecule has 1 aromatic carbocycles. The maximum Gasteiger partial charge on any atom is 0.293 e. The summed E-state index contributed by atoms with van der Waals surface area (Å²) in [6.45, 7) is 8.03. The Morgan fingerprint density at radius 1 is 1.05 bits per heavy atom. The van der Waals surface area contributed by atoms with Crippen LogP contribution in [0.25, 0.3) is 0 Å². The third-order valence-corrected chi connectivity index (χ3v) is 1.40. The molecule has 0 aliphatic heterocycles. The summed E-state index contributed by atoms with van der Waals surface area (Å²) in [7, 11) is 0. The van der Waals surface area contributed by atoms with E-state index in [0.717, 1.165) is 0 Å². The average Bonchev–Trinajstić information content (AvgIpc) is 2.44. The Labute approximate surface area is 116 Å². The lowest BCUT2D eigenvalue weighted by atomic mass is 10.4. The first-order valence-electron chi connectivity index (χ1n) is 6.26. The van der Waals surface area contributed by atoms with Crippen molar-refractivity contribution < 1.29 is 19.4 Å². The summed E-state index contributed by atoms with van der Waals surface area (Å²) >= 11 is 0. The third-order valence-electron chi connectivity index (χ3n) is 1.40. The van der Waals surface area contributed by atoms with E-state index in [2.05, 4.69) is 4.74 Å².